The number of halogens is 3. The third kappa shape index (κ3) is 3.56. The molecule has 1 saturated carbocycles. The zero-order valence-electron chi connectivity index (χ0n) is 18.9. The number of pyridine rings is 1. The van der Waals surface area contributed by atoms with Crippen LogP contribution in [-0.4, -0.2) is 60.3 Å². The van der Waals surface area contributed by atoms with Crippen molar-refractivity contribution in [2.45, 2.75) is 57.0 Å². The van der Waals surface area contributed by atoms with Crippen LogP contribution in [0, 0.1) is 5.92 Å². The topological polar surface area (TPSA) is 97.5 Å². The minimum absolute atomic E-state index is 0.00623. The van der Waals surface area contributed by atoms with Gasteiger partial charge in [0.2, 0.25) is 0 Å². The van der Waals surface area contributed by atoms with E-state index in [1.807, 2.05) is 6.92 Å². The molecule has 1 aliphatic heterocycles. The monoisotopic (exact) mass is 475 g/mol. The number of amides is 2. The lowest BCUT2D eigenvalue weighted by Gasteiger charge is -2.65. The Morgan fingerprint density at radius 1 is 1.26 bits per heavy atom. The number of alkyl halides is 3. The van der Waals surface area contributed by atoms with Crippen molar-refractivity contribution in [3.63, 3.8) is 0 Å². The van der Waals surface area contributed by atoms with E-state index in [-0.39, 0.29) is 29.2 Å². The van der Waals surface area contributed by atoms with E-state index in [0.717, 1.165) is 19.3 Å². The van der Waals surface area contributed by atoms with Gasteiger partial charge in [0, 0.05) is 24.9 Å². The Kier molecular flexibility index (Phi) is 5.23. The Bertz CT molecular complexity index is 1250. The molecular formula is C22H24F3N7O2. The molecule has 1 aliphatic carbocycles. The fraction of sp³-hybridized carbons (Fsp3) is 0.500. The second kappa shape index (κ2) is 7.90. The quantitative estimate of drug-likeness (QED) is 0.612. The highest BCUT2D eigenvalue weighted by atomic mass is 19.4. The number of hydrogen-bond donors (Lipinski definition) is 1. The number of ether oxygens (including phenoxy) is 1. The number of fused-ring (bicyclic) bond motifs is 3. The molecule has 4 atom stereocenters. The number of piperidine rings is 1. The first-order chi connectivity index (χ1) is 16.1. The molecule has 3 aromatic heterocycles. The number of carbonyl (C=O) groups is 1. The third-order valence-corrected chi connectivity index (χ3v) is 7.02. The molecule has 1 saturated heterocycles. The fourth-order valence-electron chi connectivity index (χ4n) is 5.48. The normalized spacial score (nSPS) is 25.2. The molecule has 2 bridgehead atoms. The summed E-state index contributed by atoms with van der Waals surface area (Å²) >= 11 is 0. The van der Waals surface area contributed by atoms with Gasteiger partial charge in [0.05, 0.1) is 35.3 Å². The summed E-state index contributed by atoms with van der Waals surface area (Å²) in [6, 6.07) is 0.854. The Morgan fingerprint density at radius 2 is 2.06 bits per heavy atom. The highest BCUT2D eigenvalue weighted by Crippen LogP contribution is 2.52. The van der Waals surface area contributed by atoms with Crippen molar-refractivity contribution in [3.05, 3.63) is 36.5 Å². The van der Waals surface area contributed by atoms with Gasteiger partial charge in [0.1, 0.15) is 12.1 Å². The minimum atomic E-state index is -4.66. The van der Waals surface area contributed by atoms with E-state index >= 15 is 0 Å². The standard InChI is InChI=1S/C22H24F3N7O2/c1-12-4-14-7-21(6-12,13(2)34-3)32(14)20(33)30-18-5-15(16(8-27-18)22(23,24)25)17-10-31-19(9-26-17)28-11-29-31/h5,8-14H,4,6-7H2,1-3H3,(H,27,30,33)/t12-,13-,14+,21-/m1/s1. The number of nitrogens with zero attached hydrogens (tertiary/aromatic N) is 6. The Balaban J connectivity index is 1.48. The average molecular weight is 475 g/mol. The molecule has 34 heavy (non-hydrogen) atoms. The predicted octanol–water partition coefficient (Wildman–Crippen LogP) is 4.01. The van der Waals surface area contributed by atoms with E-state index in [2.05, 4.69) is 32.3 Å². The summed E-state index contributed by atoms with van der Waals surface area (Å²) in [6.07, 6.45) is 2.37. The number of nitrogens with one attached hydrogen (secondary N) is 1. The number of methoxy groups -OCH3 is 1. The van der Waals surface area contributed by atoms with Gasteiger partial charge in [-0.2, -0.15) is 18.3 Å². The molecule has 5 rings (SSSR count). The van der Waals surface area contributed by atoms with Crippen LogP contribution in [0.25, 0.3) is 16.9 Å². The first-order valence-corrected chi connectivity index (χ1v) is 11.0. The number of likely N-dealkylation sites (tertiary alicyclic amines) is 1. The van der Waals surface area contributed by atoms with Gasteiger partial charge in [-0.1, -0.05) is 6.92 Å². The zero-order chi connectivity index (χ0) is 24.3. The van der Waals surface area contributed by atoms with Crippen LogP contribution in [0.2, 0.25) is 0 Å². The first-order valence-electron chi connectivity index (χ1n) is 11.0. The summed E-state index contributed by atoms with van der Waals surface area (Å²) in [4.78, 5) is 27.0. The molecule has 2 aliphatic rings. The molecule has 2 fully saturated rings. The van der Waals surface area contributed by atoms with Gasteiger partial charge in [-0.3, -0.25) is 10.3 Å². The Morgan fingerprint density at radius 3 is 2.79 bits per heavy atom. The van der Waals surface area contributed by atoms with Crippen molar-refractivity contribution in [2.24, 2.45) is 5.92 Å². The maximum atomic E-state index is 13.7. The van der Waals surface area contributed by atoms with E-state index in [1.54, 1.807) is 12.0 Å². The SMILES string of the molecule is CO[C@H](C)[C@@]12C[C@H](C)C[C@@H](C1)N2C(=O)Nc1cc(-c2cn3ncnc3cn2)c(C(F)(F)F)cn1. The van der Waals surface area contributed by atoms with Crippen LogP contribution in [0.3, 0.4) is 0 Å². The number of urea groups is 1. The van der Waals surface area contributed by atoms with Crippen molar-refractivity contribution in [3.8, 4) is 11.3 Å². The Hall–Kier alpha value is -3.28. The average Bonchev–Trinajstić information content (AvgIpc) is 3.25. The molecule has 0 unspecified atom stereocenters. The summed E-state index contributed by atoms with van der Waals surface area (Å²) < 4.78 is 48.1. The molecule has 180 valence electrons. The number of anilines is 1. The lowest BCUT2D eigenvalue weighted by Crippen LogP contribution is -2.76. The molecule has 9 nitrogen and oxygen atoms in total. The third-order valence-electron chi connectivity index (χ3n) is 7.02. The molecule has 0 radical (unpaired) electrons. The van der Waals surface area contributed by atoms with Gasteiger partial charge in [0.25, 0.3) is 0 Å². The maximum Gasteiger partial charge on any atom is 0.418 e. The summed E-state index contributed by atoms with van der Waals surface area (Å²) in [5, 5.41) is 6.66. The van der Waals surface area contributed by atoms with Crippen LogP contribution in [0.15, 0.2) is 31.0 Å². The van der Waals surface area contributed by atoms with Crippen molar-refractivity contribution in [2.75, 3.05) is 12.4 Å². The maximum absolute atomic E-state index is 13.7. The van der Waals surface area contributed by atoms with Crippen LogP contribution >= 0.6 is 0 Å². The molecule has 1 N–H and O–H groups in total. The molecule has 2 amide bonds. The van der Waals surface area contributed by atoms with E-state index < -0.39 is 23.3 Å². The fourth-order valence-corrected chi connectivity index (χ4v) is 5.48. The van der Waals surface area contributed by atoms with Gasteiger partial charge < -0.3 is 9.64 Å². The molecule has 4 heterocycles. The molecular weight excluding hydrogens is 451 g/mol. The first kappa shape index (κ1) is 22.5. The number of hydrogen-bond acceptors (Lipinski definition) is 6. The van der Waals surface area contributed by atoms with Crippen LogP contribution in [0.1, 0.15) is 38.7 Å². The highest BCUT2D eigenvalue weighted by molar-refractivity contribution is 5.91. The Labute approximate surface area is 193 Å². The van der Waals surface area contributed by atoms with Crippen LogP contribution < -0.4 is 5.32 Å². The van der Waals surface area contributed by atoms with Gasteiger partial charge in [0.15, 0.2) is 5.65 Å². The lowest BCUT2D eigenvalue weighted by atomic mass is 9.62. The molecule has 0 spiro atoms. The van der Waals surface area contributed by atoms with Gasteiger partial charge in [-0.25, -0.2) is 19.3 Å². The number of aromatic nitrogens is 5. The van der Waals surface area contributed by atoms with E-state index in [9.17, 15) is 18.0 Å². The number of rotatable bonds is 4. The van der Waals surface area contributed by atoms with Crippen molar-refractivity contribution >= 4 is 17.5 Å². The molecule has 12 heteroatoms. The van der Waals surface area contributed by atoms with Crippen molar-refractivity contribution < 1.29 is 22.7 Å². The van der Waals surface area contributed by atoms with Gasteiger partial charge in [-0.15, -0.1) is 0 Å². The van der Waals surface area contributed by atoms with Crippen LogP contribution in [0.4, 0.5) is 23.8 Å². The highest BCUT2D eigenvalue weighted by Gasteiger charge is 2.61. The van der Waals surface area contributed by atoms with Crippen LogP contribution in [-0.2, 0) is 10.9 Å². The largest absolute Gasteiger partial charge is 0.418 e. The predicted molar refractivity (Wildman–Crippen MR) is 116 cm³/mol. The van der Waals surface area contributed by atoms with Crippen molar-refractivity contribution in [1.82, 2.24) is 29.5 Å². The smallest absolute Gasteiger partial charge is 0.379 e. The second-order valence-electron chi connectivity index (χ2n) is 9.13. The summed E-state index contributed by atoms with van der Waals surface area (Å²) in [7, 11) is 1.62. The summed E-state index contributed by atoms with van der Waals surface area (Å²) in [6.45, 7) is 4.09. The van der Waals surface area contributed by atoms with E-state index in [4.69, 9.17) is 4.74 Å². The van der Waals surface area contributed by atoms with Crippen LogP contribution in [0.5, 0.6) is 0 Å². The molecule has 3 aromatic rings. The van der Waals surface area contributed by atoms with Crippen molar-refractivity contribution in [1.29, 1.82) is 0 Å². The van der Waals surface area contributed by atoms with E-state index in [1.165, 1.54) is 29.3 Å². The van der Waals surface area contributed by atoms with Gasteiger partial charge in [-0.05, 0) is 38.2 Å². The summed E-state index contributed by atoms with van der Waals surface area (Å²) in [5.41, 5.74) is -1.18. The molecule has 0 aromatic carbocycles. The lowest BCUT2D eigenvalue weighted by molar-refractivity contribution is -0.155. The van der Waals surface area contributed by atoms with Gasteiger partial charge >= 0.3 is 12.2 Å². The van der Waals surface area contributed by atoms with E-state index in [0.29, 0.717) is 17.8 Å². The second-order valence-corrected chi connectivity index (χ2v) is 9.13. The zero-order valence-corrected chi connectivity index (χ0v) is 18.9. The number of carbonyl (C=O) groups excluding carboxylic acids is 1. The minimum Gasteiger partial charge on any atom is -0.379 e. The summed E-state index contributed by atoms with van der Waals surface area (Å²) in [5.74, 6) is 0.459.